The summed E-state index contributed by atoms with van der Waals surface area (Å²) in [6.45, 7) is 4.21. The van der Waals surface area contributed by atoms with Crippen molar-refractivity contribution in [1.29, 1.82) is 0 Å². The molecule has 0 radical (unpaired) electrons. The number of hydrogen-bond acceptors (Lipinski definition) is 4. The molecule has 180 valence electrons. The van der Waals surface area contributed by atoms with E-state index in [1.807, 2.05) is 31.2 Å². The van der Waals surface area contributed by atoms with Gasteiger partial charge in [-0.15, -0.1) is 0 Å². The Morgan fingerprint density at radius 2 is 1.59 bits per heavy atom. The van der Waals surface area contributed by atoms with Gasteiger partial charge in [0.1, 0.15) is 12.1 Å². The number of benzene rings is 2. The molecule has 1 saturated carbocycles. The summed E-state index contributed by atoms with van der Waals surface area (Å²) in [5.41, 5.74) is 3.49. The van der Waals surface area contributed by atoms with Crippen LogP contribution in [0.15, 0.2) is 48.5 Å². The minimum Gasteiger partial charge on any atom is -0.481 e. The Bertz CT molecular complexity index is 1030. The van der Waals surface area contributed by atoms with Crippen LogP contribution in [-0.4, -0.2) is 41.8 Å². The first-order chi connectivity index (χ1) is 16.3. The van der Waals surface area contributed by atoms with Gasteiger partial charge in [-0.05, 0) is 60.3 Å². The summed E-state index contributed by atoms with van der Waals surface area (Å²) in [7, 11) is 0. The number of rotatable bonds is 9. The highest BCUT2D eigenvalue weighted by Gasteiger charge is 2.36. The van der Waals surface area contributed by atoms with Crippen LogP contribution in [-0.2, 0) is 14.3 Å². The number of alkyl carbamates (subject to hydrolysis) is 1. The van der Waals surface area contributed by atoms with Gasteiger partial charge >= 0.3 is 12.1 Å². The van der Waals surface area contributed by atoms with E-state index < -0.39 is 17.6 Å². The van der Waals surface area contributed by atoms with Crippen molar-refractivity contribution in [3.63, 3.8) is 0 Å². The zero-order chi connectivity index (χ0) is 24.3. The van der Waals surface area contributed by atoms with Crippen LogP contribution in [0.5, 0.6) is 0 Å². The summed E-state index contributed by atoms with van der Waals surface area (Å²) in [5.74, 6) is -0.611. The third-order valence-corrected chi connectivity index (χ3v) is 7.28. The van der Waals surface area contributed by atoms with Gasteiger partial charge in [0.05, 0.1) is 0 Å². The highest BCUT2D eigenvalue weighted by Crippen LogP contribution is 2.44. The number of fused-ring (bicyclic) bond motifs is 3. The number of hydrogen-bond donors (Lipinski definition) is 3. The largest absolute Gasteiger partial charge is 0.481 e. The number of carbonyl (C=O) groups excluding carboxylic acids is 2. The van der Waals surface area contributed by atoms with Crippen molar-refractivity contribution in [3.8, 4) is 11.1 Å². The molecule has 2 amide bonds. The molecule has 1 atom stereocenters. The van der Waals surface area contributed by atoms with Crippen molar-refractivity contribution in [2.45, 2.75) is 51.0 Å². The molecule has 0 aromatic heterocycles. The summed E-state index contributed by atoms with van der Waals surface area (Å²) in [6.07, 6.45) is 1.58. The number of nitrogens with one attached hydrogen (secondary N) is 2. The maximum Gasteiger partial charge on any atom is 0.408 e. The first-order valence-electron chi connectivity index (χ1n) is 11.9. The van der Waals surface area contributed by atoms with E-state index >= 15 is 0 Å². The molecule has 7 nitrogen and oxygen atoms in total. The fraction of sp³-hybridized carbons (Fsp3) is 0.444. The normalized spacial score (nSPS) is 20.3. The molecule has 2 aliphatic rings. The Morgan fingerprint density at radius 3 is 2.15 bits per heavy atom. The van der Waals surface area contributed by atoms with Gasteiger partial charge in [0, 0.05) is 18.9 Å². The number of carboxylic acid groups (broad SMARTS) is 1. The van der Waals surface area contributed by atoms with Gasteiger partial charge in [-0.1, -0.05) is 55.5 Å². The van der Waals surface area contributed by atoms with E-state index in [-0.39, 0.29) is 36.7 Å². The van der Waals surface area contributed by atoms with Gasteiger partial charge in [-0.25, -0.2) is 4.79 Å². The van der Waals surface area contributed by atoms with E-state index in [0.717, 1.165) is 35.1 Å². The van der Waals surface area contributed by atoms with E-state index in [9.17, 15) is 14.4 Å². The second-order valence-electron chi connectivity index (χ2n) is 9.65. The lowest BCUT2D eigenvalue weighted by molar-refractivity contribution is -0.139. The molecule has 2 aliphatic carbocycles. The van der Waals surface area contributed by atoms with Crippen molar-refractivity contribution in [3.05, 3.63) is 59.7 Å². The maximum absolute atomic E-state index is 12.8. The van der Waals surface area contributed by atoms with E-state index in [4.69, 9.17) is 9.84 Å². The quantitative estimate of drug-likeness (QED) is 0.513. The molecule has 1 unspecified atom stereocenters. The predicted octanol–water partition coefficient (Wildman–Crippen LogP) is 4.31. The summed E-state index contributed by atoms with van der Waals surface area (Å²) < 4.78 is 5.61. The molecule has 2 aromatic rings. The lowest BCUT2D eigenvalue weighted by Gasteiger charge is -2.36. The summed E-state index contributed by atoms with van der Waals surface area (Å²) in [6, 6.07) is 16.3. The molecular weight excluding hydrogens is 432 g/mol. The van der Waals surface area contributed by atoms with Crippen LogP contribution in [0.25, 0.3) is 11.1 Å². The molecule has 3 N–H and O–H groups in total. The minimum atomic E-state index is -1.09. The molecule has 4 rings (SSSR count). The van der Waals surface area contributed by atoms with E-state index in [2.05, 4.69) is 34.9 Å². The van der Waals surface area contributed by atoms with Crippen LogP contribution < -0.4 is 10.6 Å². The van der Waals surface area contributed by atoms with Crippen LogP contribution >= 0.6 is 0 Å². The minimum absolute atomic E-state index is 0.0442. The van der Waals surface area contributed by atoms with E-state index in [0.29, 0.717) is 13.0 Å². The Morgan fingerprint density at radius 1 is 1.00 bits per heavy atom. The lowest BCUT2D eigenvalue weighted by Crippen LogP contribution is -2.57. The monoisotopic (exact) mass is 464 g/mol. The predicted molar refractivity (Wildman–Crippen MR) is 128 cm³/mol. The van der Waals surface area contributed by atoms with Crippen molar-refractivity contribution in [2.75, 3.05) is 13.2 Å². The average molecular weight is 465 g/mol. The van der Waals surface area contributed by atoms with Crippen molar-refractivity contribution in [1.82, 2.24) is 10.6 Å². The number of carbonyl (C=O) groups is 3. The summed E-state index contributed by atoms with van der Waals surface area (Å²) >= 11 is 0. The number of amides is 2. The van der Waals surface area contributed by atoms with Crippen LogP contribution in [0.2, 0.25) is 0 Å². The van der Waals surface area contributed by atoms with Gasteiger partial charge in [0.2, 0.25) is 5.91 Å². The van der Waals surface area contributed by atoms with Gasteiger partial charge in [0.25, 0.3) is 0 Å². The second-order valence-corrected chi connectivity index (χ2v) is 9.65. The van der Waals surface area contributed by atoms with Crippen LogP contribution in [0.3, 0.4) is 0 Å². The van der Waals surface area contributed by atoms with Gasteiger partial charge in [-0.2, -0.15) is 0 Å². The zero-order valence-corrected chi connectivity index (χ0v) is 19.7. The first kappa shape index (κ1) is 23.8. The van der Waals surface area contributed by atoms with E-state index in [1.54, 1.807) is 6.92 Å². The number of ether oxygens (including phenoxy) is 1. The summed E-state index contributed by atoms with van der Waals surface area (Å²) in [5, 5.41) is 14.5. The second kappa shape index (κ2) is 9.87. The van der Waals surface area contributed by atoms with Crippen LogP contribution in [0.1, 0.15) is 56.6 Å². The molecule has 1 fully saturated rings. The molecule has 7 heteroatoms. The molecule has 0 aliphatic heterocycles. The standard InChI is InChI=1S/C27H32N2O5/c1-3-27(2,25(32)28-15-18-12-17(13-18)14-24(30)31)29-26(33)34-16-23-21-10-6-4-8-19(21)20-9-5-7-11-22(20)23/h4-11,17-18,23H,3,12-16H2,1-2H3,(H,28,32)(H,29,33)(H,30,31). The molecular formula is C27H32N2O5. The molecule has 2 aromatic carbocycles. The summed E-state index contributed by atoms with van der Waals surface area (Å²) in [4.78, 5) is 36.3. The third kappa shape index (κ3) is 4.93. The van der Waals surface area contributed by atoms with Gasteiger partial charge in [0.15, 0.2) is 0 Å². The zero-order valence-electron chi connectivity index (χ0n) is 19.7. The molecule has 0 bridgehead atoms. The van der Waals surface area contributed by atoms with Crippen LogP contribution in [0, 0.1) is 11.8 Å². The average Bonchev–Trinajstić information content (AvgIpc) is 3.12. The Labute approximate surface area is 199 Å². The Hall–Kier alpha value is -3.35. The van der Waals surface area contributed by atoms with Crippen molar-refractivity contribution < 1.29 is 24.2 Å². The smallest absolute Gasteiger partial charge is 0.408 e. The molecule has 0 saturated heterocycles. The molecule has 0 spiro atoms. The molecule has 0 heterocycles. The van der Waals surface area contributed by atoms with Gasteiger partial charge < -0.3 is 20.5 Å². The van der Waals surface area contributed by atoms with Crippen molar-refractivity contribution in [2.24, 2.45) is 11.8 Å². The van der Waals surface area contributed by atoms with Gasteiger partial charge in [-0.3, -0.25) is 9.59 Å². The topological polar surface area (TPSA) is 105 Å². The van der Waals surface area contributed by atoms with E-state index in [1.165, 1.54) is 0 Å². The van der Waals surface area contributed by atoms with Crippen LogP contribution in [0.4, 0.5) is 4.79 Å². The highest BCUT2D eigenvalue weighted by molar-refractivity contribution is 5.89. The third-order valence-electron chi connectivity index (χ3n) is 7.28. The number of aliphatic carboxylic acids is 1. The first-order valence-corrected chi connectivity index (χ1v) is 11.9. The Kier molecular flexibility index (Phi) is 6.91. The SMILES string of the molecule is CCC(C)(NC(=O)OCC1c2ccccc2-c2ccccc21)C(=O)NCC1CC(CC(=O)O)C1. The highest BCUT2D eigenvalue weighted by atomic mass is 16.5. The van der Waals surface area contributed by atoms with Crippen molar-refractivity contribution >= 4 is 18.0 Å². The Balaban J connectivity index is 1.30. The number of carboxylic acids is 1. The fourth-order valence-electron chi connectivity index (χ4n) is 5.05. The lowest BCUT2D eigenvalue weighted by atomic mass is 9.73. The molecule has 34 heavy (non-hydrogen) atoms. The maximum atomic E-state index is 12.8. The fourth-order valence-corrected chi connectivity index (χ4v) is 5.05.